The molecule has 0 radical (unpaired) electrons. The van der Waals surface area contributed by atoms with Gasteiger partial charge in [-0.3, -0.25) is 4.98 Å². The molecule has 0 amide bonds. The normalized spacial score (nSPS) is 12.3. The molecule has 3 nitrogen and oxygen atoms in total. The minimum Gasteiger partial charge on any atom is -0.496 e. The third-order valence-electron chi connectivity index (χ3n) is 3.54. The Morgan fingerprint density at radius 3 is 2.76 bits per heavy atom. The molecule has 1 atom stereocenters. The summed E-state index contributed by atoms with van der Waals surface area (Å²) in [6.45, 7) is 5.33. The Hall–Kier alpha value is -1.39. The maximum absolute atomic E-state index is 5.47. The van der Waals surface area contributed by atoms with Crippen molar-refractivity contribution in [3.05, 3.63) is 45.9 Å². The molecule has 1 N–H and O–H groups in total. The molecule has 0 spiro atoms. The van der Waals surface area contributed by atoms with E-state index in [1.165, 1.54) is 10.4 Å². The summed E-state index contributed by atoms with van der Waals surface area (Å²) in [5.41, 5.74) is 2.40. The van der Waals surface area contributed by atoms with Crippen LogP contribution in [-0.4, -0.2) is 18.6 Å². The number of aryl methyl sites for hydroxylation is 1. The van der Waals surface area contributed by atoms with Crippen LogP contribution >= 0.6 is 11.3 Å². The molecule has 0 fully saturated rings. The summed E-state index contributed by atoms with van der Waals surface area (Å²) < 4.78 is 5.47. The second kappa shape index (κ2) is 8.15. The van der Waals surface area contributed by atoms with Gasteiger partial charge in [0.25, 0.3) is 0 Å². The van der Waals surface area contributed by atoms with Crippen molar-refractivity contribution < 1.29 is 4.74 Å². The van der Waals surface area contributed by atoms with Crippen LogP contribution in [0.15, 0.2) is 29.8 Å². The van der Waals surface area contributed by atoms with Gasteiger partial charge in [-0.2, -0.15) is 0 Å². The van der Waals surface area contributed by atoms with Crippen LogP contribution in [0.4, 0.5) is 0 Å². The lowest BCUT2D eigenvalue weighted by Gasteiger charge is -2.18. The standard InChI is InChI=1S/C17H24N2OS/c1-4-9-18-15(17-16(20-3)8-10-21-17)11-14-7-6-13(5-2)12-19-14/h6-8,10,12,15,18H,4-5,9,11H2,1-3H3. The Morgan fingerprint density at radius 2 is 2.14 bits per heavy atom. The summed E-state index contributed by atoms with van der Waals surface area (Å²) in [4.78, 5) is 5.84. The van der Waals surface area contributed by atoms with Crippen molar-refractivity contribution in [2.45, 2.75) is 39.2 Å². The fourth-order valence-electron chi connectivity index (χ4n) is 2.30. The topological polar surface area (TPSA) is 34.2 Å². The van der Waals surface area contributed by atoms with Crippen LogP contribution in [0.25, 0.3) is 0 Å². The van der Waals surface area contributed by atoms with Crippen LogP contribution in [0.3, 0.4) is 0 Å². The zero-order chi connectivity index (χ0) is 15.1. The predicted molar refractivity (Wildman–Crippen MR) is 89.2 cm³/mol. The highest BCUT2D eigenvalue weighted by Crippen LogP contribution is 2.32. The molecule has 4 heteroatoms. The highest BCUT2D eigenvalue weighted by Gasteiger charge is 2.18. The molecule has 114 valence electrons. The molecule has 0 aromatic carbocycles. The lowest BCUT2D eigenvalue weighted by Crippen LogP contribution is -2.24. The van der Waals surface area contributed by atoms with Gasteiger partial charge in [0.1, 0.15) is 5.75 Å². The van der Waals surface area contributed by atoms with Gasteiger partial charge in [-0.05, 0) is 42.5 Å². The monoisotopic (exact) mass is 304 g/mol. The molecule has 2 aromatic heterocycles. The van der Waals surface area contributed by atoms with E-state index in [0.717, 1.165) is 37.3 Å². The number of nitrogens with zero attached hydrogens (tertiary/aromatic N) is 1. The molecular formula is C17H24N2OS. The number of ether oxygens (including phenoxy) is 1. The van der Waals surface area contributed by atoms with Gasteiger partial charge in [0.2, 0.25) is 0 Å². The van der Waals surface area contributed by atoms with Gasteiger partial charge in [-0.1, -0.05) is 19.9 Å². The molecule has 0 saturated heterocycles. The van der Waals surface area contributed by atoms with Gasteiger partial charge in [0.15, 0.2) is 0 Å². The Bertz CT molecular complexity index is 536. The highest BCUT2D eigenvalue weighted by atomic mass is 32.1. The molecule has 0 aliphatic heterocycles. The first kappa shape index (κ1) is 16.0. The number of hydrogen-bond acceptors (Lipinski definition) is 4. The molecule has 0 bridgehead atoms. The zero-order valence-corrected chi connectivity index (χ0v) is 13.9. The third-order valence-corrected chi connectivity index (χ3v) is 4.55. The van der Waals surface area contributed by atoms with Crippen LogP contribution in [0.1, 0.15) is 42.4 Å². The number of pyridine rings is 1. The van der Waals surface area contributed by atoms with Crippen LogP contribution < -0.4 is 10.1 Å². The van der Waals surface area contributed by atoms with Gasteiger partial charge in [-0.25, -0.2) is 0 Å². The number of methoxy groups -OCH3 is 1. The molecule has 1 unspecified atom stereocenters. The molecule has 0 aliphatic carbocycles. The molecular weight excluding hydrogens is 280 g/mol. The maximum atomic E-state index is 5.47. The van der Waals surface area contributed by atoms with Gasteiger partial charge >= 0.3 is 0 Å². The van der Waals surface area contributed by atoms with E-state index in [1.807, 2.05) is 12.3 Å². The quantitative estimate of drug-likeness (QED) is 0.800. The lowest BCUT2D eigenvalue weighted by molar-refractivity contribution is 0.402. The Labute approximate surface area is 131 Å². The summed E-state index contributed by atoms with van der Waals surface area (Å²) in [5.74, 6) is 0.971. The average Bonchev–Trinajstić information content (AvgIpc) is 3.00. The summed E-state index contributed by atoms with van der Waals surface area (Å²) >= 11 is 1.74. The smallest absolute Gasteiger partial charge is 0.134 e. The van der Waals surface area contributed by atoms with E-state index < -0.39 is 0 Å². The third kappa shape index (κ3) is 4.29. The summed E-state index contributed by atoms with van der Waals surface area (Å²) in [6, 6.07) is 6.61. The second-order valence-electron chi connectivity index (χ2n) is 5.08. The van der Waals surface area contributed by atoms with Crippen molar-refractivity contribution in [2.24, 2.45) is 0 Å². The summed E-state index contributed by atoms with van der Waals surface area (Å²) in [5, 5.41) is 5.70. The predicted octanol–water partition coefficient (Wildman–Crippen LogP) is 4.00. The largest absolute Gasteiger partial charge is 0.496 e. The van der Waals surface area contributed by atoms with Crippen molar-refractivity contribution in [1.29, 1.82) is 0 Å². The lowest BCUT2D eigenvalue weighted by atomic mass is 10.1. The number of aromatic nitrogens is 1. The highest BCUT2D eigenvalue weighted by molar-refractivity contribution is 7.10. The van der Waals surface area contributed by atoms with Gasteiger partial charge in [-0.15, -0.1) is 11.3 Å². The first-order valence-electron chi connectivity index (χ1n) is 7.57. The van der Waals surface area contributed by atoms with Crippen molar-refractivity contribution in [3.8, 4) is 5.75 Å². The number of rotatable bonds is 8. The van der Waals surface area contributed by atoms with Crippen molar-refractivity contribution in [1.82, 2.24) is 10.3 Å². The minimum atomic E-state index is 0.264. The van der Waals surface area contributed by atoms with Crippen molar-refractivity contribution in [2.75, 3.05) is 13.7 Å². The number of nitrogens with one attached hydrogen (secondary N) is 1. The summed E-state index contributed by atoms with van der Waals surface area (Å²) in [6.07, 6.45) is 5.02. The van der Waals surface area contributed by atoms with Crippen LogP contribution in [-0.2, 0) is 12.8 Å². The second-order valence-corrected chi connectivity index (χ2v) is 6.02. The minimum absolute atomic E-state index is 0.264. The Morgan fingerprint density at radius 1 is 1.29 bits per heavy atom. The van der Waals surface area contributed by atoms with E-state index in [2.05, 4.69) is 41.7 Å². The summed E-state index contributed by atoms with van der Waals surface area (Å²) in [7, 11) is 1.73. The number of thiophene rings is 1. The van der Waals surface area contributed by atoms with Crippen LogP contribution in [0.5, 0.6) is 5.75 Å². The Balaban J connectivity index is 2.15. The first-order chi connectivity index (χ1) is 10.3. The van der Waals surface area contributed by atoms with E-state index in [0.29, 0.717) is 0 Å². The molecule has 2 rings (SSSR count). The SMILES string of the molecule is CCCNC(Cc1ccc(CC)cn1)c1sccc1OC. The van der Waals surface area contributed by atoms with E-state index in [1.54, 1.807) is 18.4 Å². The van der Waals surface area contributed by atoms with Crippen LogP contribution in [0.2, 0.25) is 0 Å². The molecule has 0 saturated carbocycles. The molecule has 2 aromatic rings. The van der Waals surface area contributed by atoms with Gasteiger partial charge in [0.05, 0.1) is 18.0 Å². The van der Waals surface area contributed by atoms with Crippen LogP contribution in [0, 0.1) is 0 Å². The van der Waals surface area contributed by atoms with Crippen molar-refractivity contribution >= 4 is 11.3 Å². The fourth-order valence-corrected chi connectivity index (χ4v) is 3.24. The Kier molecular flexibility index (Phi) is 6.21. The maximum Gasteiger partial charge on any atom is 0.134 e. The fraction of sp³-hybridized carbons (Fsp3) is 0.471. The average molecular weight is 304 g/mol. The first-order valence-corrected chi connectivity index (χ1v) is 8.45. The zero-order valence-electron chi connectivity index (χ0n) is 13.1. The van der Waals surface area contributed by atoms with E-state index in [-0.39, 0.29) is 6.04 Å². The van der Waals surface area contributed by atoms with Gasteiger partial charge in [0, 0.05) is 18.3 Å². The molecule has 21 heavy (non-hydrogen) atoms. The van der Waals surface area contributed by atoms with E-state index >= 15 is 0 Å². The van der Waals surface area contributed by atoms with Gasteiger partial charge < -0.3 is 10.1 Å². The van der Waals surface area contributed by atoms with Crippen molar-refractivity contribution in [3.63, 3.8) is 0 Å². The molecule has 0 aliphatic rings. The number of hydrogen-bond donors (Lipinski definition) is 1. The molecule has 2 heterocycles. The van der Waals surface area contributed by atoms with E-state index in [4.69, 9.17) is 4.74 Å². The van der Waals surface area contributed by atoms with E-state index in [9.17, 15) is 0 Å².